The van der Waals surface area contributed by atoms with Crippen LogP contribution in [0.5, 0.6) is 0 Å². The molecule has 2 aromatic rings. The summed E-state index contributed by atoms with van der Waals surface area (Å²) in [6, 6.07) is 15.7. The molecule has 1 saturated heterocycles. The SMILES string of the molecule is Bc1ccc(C(=O)COC(=O)[C@@H]2CCCN2C(=O)OCc2ccccc2)cc1. The fourth-order valence-corrected chi connectivity index (χ4v) is 3.09. The second kappa shape index (κ2) is 9.22. The monoisotopic (exact) mass is 379 g/mol. The van der Waals surface area contributed by atoms with Gasteiger partial charge in [-0.15, -0.1) is 0 Å². The zero-order valence-corrected chi connectivity index (χ0v) is 15.8. The minimum absolute atomic E-state index is 0.143. The maximum absolute atomic E-state index is 12.4. The second-order valence-electron chi connectivity index (χ2n) is 6.79. The van der Waals surface area contributed by atoms with Gasteiger partial charge in [0.15, 0.2) is 12.4 Å². The summed E-state index contributed by atoms with van der Waals surface area (Å²) < 4.78 is 10.5. The maximum atomic E-state index is 12.4. The Morgan fingerprint density at radius 2 is 1.71 bits per heavy atom. The molecule has 1 aliphatic rings. The van der Waals surface area contributed by atoms with Crippen molar-refractivity contribution in [2.24, 2.45) is 0 Å². The lowest BCUT2D eigenvalue weighted by Gasteiger charge is -2.22. The Hall–Kier alpha value is -3.09. The Balaban J connectivity index is 1.51. The molecule has 0 aromatic heterocycles. The molecule has 7 heteroatoms. The Morgan fingerprint density at radius 3 is 2.43 bits per heavy atom. The summed E-state index contributed by atoms with van der Waals surface area (Å²) in [5.74, 6) is -0.848. The van der Waals surface area contributed by atoms with Crippen molar-refractivity contribution in [3.05, 3.63) is 65.7 Å². The highest BCUT2D eigenvalue weighted by atomic mass is 16.6. The largest absolute Gasteiger partial charge is 0.456 e. The molecule has 144 valence electrons. The van der Waals surface area contributed by atoms with Crippen LogP contribution >= 0.6 is 0 Å². The summed E-state index contributed by atoms with van der Waals surface area (Å²) in [7, 11) is 1.93. The number of benzene rings is 2. The van der Waals surface area contributed by atoms with Crippen molar-refractivity contribution < 1.29 is 23.9 Å². The summed E-state index contributed by atoms with van der Waals surface area (Å²) in [6.07, 6.45) is 0.637. The third-order valence-electron chi connectivity index (χ3n) is 4.68. The van der Waals surface area contributed by atoms with E-state index in [0.717, 1.165) is 11.0 Å². The van der Waals surface area contributed by atoms with Gasteiger partial charge in [-0.3, -0.25) is 9.69 Å². The molecule has 1 amide bonds. The van der Waals surface area contributed by atoms with Gasteiger partial charge in [-0.05, 0) is 18.4 Å². The molecule has 1 atom stereocenters. The third-order valence-corrected chi connectivity index (χ3v) is 4.68. The van der Waals surface area contributed by atoms with Crippen LogP contribution < -0.4 is 5.46 Å². The highest BCUT2D eigenvalue weighted by molar-refractivity contribution is 6.32. The third kappa shape index (κ3) is 5.00. The van der Waals surface area contributed by atoms with E-state index in [-0.39, 0.29) is 19.0 Å². The van der Waals surface area contributed by atoms with Gasteiger partial charge in [0.25, 0.3) is 0 Å². The van der Waals surface area contributed by atoms with Crippen LogP contribution in [-0.2, 0) is 20.9 Å². The van der Waals surface area contributed by atoms with Crippen molar-refractivity contribution in [2.75, 3.05) is 13.2 Å². The number of esters is 1. The summed E-state index contributed by atoms with van der Waals surface area (Å²) in [5, 5.41) is 0. The van der Waals surface area contributed by atoms with Crippen LogP contribution in [0.1, 0.15) is 28.8 Å². The predicted octanol–water partition coefficient (Wildman–Crippen LogP) is 1.47. The standard InChI is InChI=1S/C21H22BNO5/c22-17-10-8-16(9-11-17)19(24)14-27-20(25)18-7-4-12-23(18)21(26)28-13-15-5-2-1-3-6-15/h1-3,5-6,8-11,18H,4,7,12-14,22H2/t18-/m0/s1. The quantitative estimate of drug-likeness (QED) is 0.432. The average molecular weight is 379 g/mol. The molecule has 0 saturated carbocycles. The molecule has 0 bridgehead atoms. The smallest absolute Gasteiger partial charge is 0.410 e. The second-order valence-corrected chi connectivity index (χ2v) is 6.79. The van der Waals surface area contributed by atoms with Crippen molar-refractivity contribution in [3.63, 3.8) is 0 Å². The molecule has 1 fully saturated rings. The number of carbonyl (C=O) groups excluding carboxylic acids is 3. The topological polar surface area (TPSA) is 72.9 Å². The van der Waals surface area contributed by atoms with E-state index < -0.39 is 18.1 Å². The number of Topliss-reactive ketones (excluding diaryl/α,β-unsaturated/α-hetero) is 1. The predicted molar refractivity (Wildman–Crippen MR) is 106 cm³/mol. The Bertz CT molecular complexity index is 838. The summed E-state index contributed by atoms with van der Waals surface area (Å²) in [4.78, 5) is 38.3. The van der Waals surface area contributed by atoms with Crippen LogP contribution in [0.3, 0.4) is 0 Å². The van der Waals surface area contributed by atoms with E-state index in [2.05, 4.69) is 0 Å². The fourth-order valence-electron chi connectivity index (χ4n) is 3.09. The number of amides is 1. The molecule has 0 aliphatic carbocycles. The zero-order valence-electron chi connectivity index (χ0n) is 15.8. The number of nitrogens with zero attached hydrogens (tertiary/aromatic N) is 1. The number of hydrogen-bond acceptors (Lipinski definition) is 5. The van der Waals surface area contributed by atoms with Gasteiger partial charge in [-0.2, -0.15) is 0 Å². The summed E-state index contributed by atoms with van der Waals surface area (Å²) in [5.41, 5.74) is 2.41. The fraction of sp³-hybridized carbons (Fsp3) is 0.286. The number of likely N-dealkylation sites (tertiary alicyclic amines) is 1. The van der Waals surface area contributed by atoms with E-state index in [4.69, 9.17) is 9.47 Å². The van der Waals surface area contributed by atoms with Crippen LogP contribution in [0, 0.1) is 0 Å². The molecule has 1 aliphatic heterocycles. The molecule has 0 spiro atoms. The van der Waals surface area contributed by atoms with E-state index >= 15 is 0 Å². The van der Waals surface area contributed by atoms with Crippen molar-refractivity contribution in [1.29, 1.82) is 0 Å². The molecule has 3 rings (SSSR count). The molecule has 0 N–H and O–H groups in total. The molecule has 6 nitrogen and oxygen atoms in total. The minimum Gasteiger partial charge on any atom is -0.456 e. The van der Waals surface area contributed by atoms with E-state index in [1.807, 2.05) is 50.3 Å². The van der Waals surface area contributed by atoms with E-state index in [1.165, 1.54) is 4.90 Å². The van der Waals surface area contributed by atoms with Crippen LogP contribution in [0.4, 0.5) is 4.79 Å². The van der Waals surface area contributed by atoms with Gasteiger partial charge in [-0.25, -0.2) is 9.59 Å². The first kappa shape index (κ1) is 19.7. The van der Waals surface area contributed by atoms with Gasteiger partial charge in [0.05, 0.1) is 0 Å². The Kier molecular flexibility index (Phi) is 6.47. The van der Waals surface area contributed by atoms with Crippen molar-refractivity contribution in [1.82, 2.24) is 4.90 Å². The zero-order chi connectivity index (χ0) is 19.9. The first-order valence-electron chi connectivity index (χ1n) is 9.28. The highest BCUT2D eigenvalue weighted by Gasteiger charge is 2.36. The number of hydrogen-bond donors (Lipinski definition) is 0. The van der Waals surface area contributed by atoms with Gasteiger partial charge in [0, 0.05) is 12.1 Å². The number of ether oxygens (including phenoxy) is 2. The van der Waals surface area contributed by atoms with Crippen molar-refractivity contribution in [3.8, 4) is 0 Å². The van der Waals surface area contributed by atoms with Crippen LogP contribution in [0.2, 0.25) is 0 Å². The minimum atomic E-state index is -0.714. The van der Waals surface area contributed by atoms with Crippen LogP contribution in [0.25, 0.3) is 0 Å². The molecular weight excluding hydrogens is 357 g/mol. The van der Waals surface area contributed by atoms with E-state index in [9.17, 15) is 14.4 Å². The lowest BCUT2D eigenvalue weighted by molar-refractivity contribution is -0.147. The van der Waals surface area contributed by atoms with Gasteiger partial charge in [-0.1, -0.05) is 60.1 Å². The van der Waals surface area contributed by atoms with Gasteiger partial charge in [0.1, 0.15) is 20.5 Å². The molecule has 1 heterocycles. The first-order valence-corrected chi connectivity index (χ1v) is 9.28. The molecule has 0 radical (unpaired) electrons. The molecule has 2 aromatic carbocycles. The summed E-state index contributed by atoms with van der Waals surface area (Å²) in [6.45, 7) is 0.231. The van der Waals surface area contributed by atoms with Crippen molar-refractivity contribution >= 4 is 31.2 Å². The normalized spacial score (nSPS) is 15.9. The number of rotatable bonds is 6. The lowest BCUT2D eigenvalue weighted by Crippen LogP contribution is -2.42. The molecule has 0 unspecified atom stereocenters. The summed E-state index contributed by atoms with van der Waals surface area (Å²) >= 11 is 0. The van der Waals surface area contributed by atoms with Crippen molar-refractivity contribution in [2.45, 2.75) is 25.5 Å². The average Bonchev–Trinajstić information content (AvgIpc) is 3.21. The van der Waals surface area contributed by atoms with Gasteiger partial charge in [0.2, 0.25) is 0 Å². The Labute approximate surface area is 164 Å². The van der Waals surface area contributed by atoms with Crippen LogP contribution in [-0.4, -0.2) is 49.8 Å². The molecule has 28 heavy (non-hydrogen) atoms. The Morgan fingerprint density at radius 1 is 1.00 bits per heavy atom. The first-order chi connectivity index (χ1) is 13.5. The van der Waals surface area contributed by atoms with E-state index in [1.54, 1.807) is 12.1 Å². The van der Waals surface area contributed by atoms with E-state index in [0.29, 0.717) is 24.9 Å². The lowest BCUT2D eigenvalue weighted by atomic mass is 9.95. The maximum Gasteiger partial charge on any atom is 0.410 e. The van der Waals surface area contributed by atoms with Crippen LogP contribution in [0.15, 0.2) is 54.6 Å². The number of carbonyl (C=O) groups is 3. The van der Waals surface area contributed by atoms with Gasteiger partial charge < -0.3 is 9.47 Å². The molecular formula is C21H22BNO5. The van der Waals surface area contributed by atoms with Gasteiger partial charge >= 0.3 is 12.1 Å². The highest BCUT2D eigenvalue weighted by Crippen LogP contribution is 2.20. The number of ketones is 1.